The quantitative estimate of drug-likeness (QED) is 0.256. The molecular formula is C25H29F3N8O. The van der Waals surface area contributed by atoms with E-state index < -0.39 is 12.7 Å². The first-order valence-corrected chi connectivity index (χ1v) is 11.8. The largest absolute Gasteiger partial charge is 0.401 e. The van der Waals surface area contributed by atoms with E-state index in [4.69, 9.17) is 0 Å². The lowest BCUT2D eigenvalue weighted by Gasteiger charge is -2.24. The van der Waals surface area contributed by atoms with Crippen molar-refractivity contribution in [1.82, 2.24) is 35.4 Å². The first-order valence-electron chi connectivity index (χ1n) is 11.8. The minimum Gasteiger partial charge on any atom is -0.380 e. The van der Waals surface area contributed by atoms with Gasteiger partial charge in [-0.15, -0.1) is 0 Å². The molecule has 0 aliphatic heterocycles. The Morgan fingerprint density at radius 1 is 1.16 bits per heavy atom. The van der Waals surface area contributed by atoms with Gasteiger partial charge in [0.2, 0.25) is 0 Å². The van der Waals surface area contributed by atoms with E-state index in [0.717, 1.165) is 22.1 Å². The van der Waals surface area contributed by atoms with Gasteiger partial charge in [0.1, 0.15) is 5.65 Å². The second-order valence-electron chi connectivity index (χ2n) is 9.23. The van der Waals surface area contributed by atoms with E-state index in [0.29, 0.717) is 23.4 Å². The van der Waals surface area contributed by atoms with Crippen molar-refractivity contribution in [1.29, 1.82) is 0 Å². The van der Waals surface area contributed by atoms with Gasteiger partial charge in [0.15, 0.2) is 0 Å². The zero-order valence-electron chi connectivity index (χ0n) is 20.7. The van der Waals surface area contributed by atoms with E-state index >= 15 is 0 Å². The van der Waals surface area contributed by atoms with Crippen LogP contribution in [0.1, 0.15) is 29.8 Å². The number of carbonyl (C=O) groups excluding carboxylic acids is 1. The summed E-state index contributed by atoms with van der Waals surface area (Å²) in [5.41, 5.74) is 4.17. The van der Waals surface area contributed by atoms with Gasteiger partial charge >= 0.3 is 6.18 Å². The first kappa shape index (κ1) is 26.1. The third kappa shape index (κ3) is 6.85. The molecule has 1 unspecified atom stereocenters. The molecule has 4 aromatic heterocycles. The third-order valence-corrected chi connectivity index (χ3v) is 5.90. The molecule has 0 bridgehead atoms. The van der Waals surface area contributed by atoms with Gasteiger partial charge in [0.05, 0.1) is 24.0 Å². The summed E-state index contributed by atoms with van der Waals surface area (Å²) in [4.78, 5) is 24.6. The molecule has 0 aliphatic carbocycles. The topological polar surface area (TPSA) is 113 Å². The summed E-state index contributed by atoms with van der Waals surface area (Å²) in [6.07, 6.45) is 5.88. The molecule has 4 rings (SSSR count). The van der Waals surface area contributed by atoms with E-state index in [1.165, 1.54) is 6.20 Å². The van der Waals surface area contributed by atoms with Crippen LogP contribution in [0.15, 0.2) is 49.3 Å². The summed E-state index contributed by atoms with van der Waals surface area (Å²) in [5.74, 6) is -0.181. The molecule has 0 saturated heterocycles. The Balaban J connectivity index is 1.50. The molecule has 0 aliphatic rings. The van der Waals surface area contributed by atoms with Crippen LogP contribution in [0.2, 0.25) is 0 Å². The number of carbonyl (C=O) groups is 1. The number of anilines is 1. The van der Waals surface area contributed by atoms with Gasteiger partial charge in [0.25, 0.3) is 5.91 Å². The molecule has 0 radical (unpaired) electrons. The SMILES string of the molecule is CC(C)C(CNCC(F)(F)F)Nc1cncc(-c2c[nH]c3ncc(C(=O)NCc4cnn(C)c4)cc23)c1. The Kier molecular flexibility index (Phi) is 7.77. The molecule has 4 heterocycles. The summed E-state index contributed by atoms with van der Waals surface area (Å²) in [6, 6.07) is 3.41. The number of hydrogen-bond acceptors (Lipinski definition) is 6. The van der Waals surface area contributed by atoms with Crippen LogP contribution in [0.3, 0.4) is 0 Å². The zero-order valence-corrected chi connectivity index (χ0v) is 20.7. The monoisotopic (exact) mass is 514 g/mol. The summed E-state index contributed by atoms with van der Waals surface area (Å²) in [5, 5.41) is 13.5. The lowest BCUT2D eigenvalue weighted by molar-refractivity contribution is -0.124. The standard InChI is InChI=1S/C25H29F3N8O/c1-15(2)22(12-30-14-25(26,27)28)35-19-4-17(8-29-10-19)21-11-32-23-20(21)5-18(9-31-23)24(37)33-6-16-7-34-36(3)13-16/h4-5,7-11,13,15,22,30,35H,6,12,14H2,1-3H3,(H,31,32)(H,33,37). The predicted octanol–water partition coefficient (Wildman–Crippen LogP) is 3.88. The van der Waals surface area contributed by atoms with Crippen molar-refractivity contribution in [3.63, 3.8) is 0 Å². The Morgan fingerprint density at radius 2 is 1.97 bits per heavy atom. The van der Waals surface area contributed by atoms with E-state index in [2.05, 4.69) is 36.0 Å². The zero-order chi connectivity index (χ0) is 26.6. The highest BCUT2D eigenvalue weighted by Gasteiger charge is 2.27. The van der Waals surface area contributed by atoms with Gasteiger partial charge in [0, 0.05) is 79.2 Å². The maximum Gasteiger partial charge on any atom is 0.401 e. The maximum absolute atomic E-state index is 12.7. The van der Waals surface area contributed by atoms with Crippen molar-refractivity contribution in [3.05, 3.63) is 60.4 Å². The number of alkyl halides is 3. The Labute approximate surface area is 211 Å². The lowest BCUT2D eigenvalue weighted by Crippen LogP contribution is -2.40. The molecule has 9 nitrogen and oxygen atoms in total. The fourth-order valence-electron chi connectivity index (χ4n) is 3.92. The molecule has 196 valence electrons. The summed E-state index contributed by atoms with van der Waals surface area (Å²) < 4.78 is 39.3. The Morgan fingerprint density at radius 3 is 2.68 bits per heavy atom. The summed E-state index contributed by atoms with van der Waals surface area (Å²) in [6.45, 7) is 3.33. The normalized spacial score (nSPS) is 12.7. The Bertz CT molecular complexity index is 1360. The molecule has 0 fully saturated rings. The van der Waals surface area contributed by atoms with Crippen molar-refractivity contribution in [2.24, 2.45) is 13.0 Å². The molecule has 0 saturated carbocycles. The highest BCUT2D eigenvalue weighted by Crippen LogP contribution is 2.29. The number of nitrogens with one attached hydrogen (secondary N) is 4. The number of aromatic amines is 1. The number of hydrogen-bond donors (Lipinski definition) is 4. The van der Waals surface area contributed by atoms with E-state index in [9.17, 15) is 18.0 Å². The van der Waals surface area contributed by atoms with Crippen LogP contribution in [0.25, 0.3) is 22.2 Å². The molecule has 37 heavy (non-hydrogen) atoms. The van der Waals surface area contributed by atoms with Crippen molar-refractivity contribution >= 4 is 22.6 Å². The summed E-state index contributed by atoms with van der Waals surface area (Å²) >= 11 is 0. The average Bonchev–Trinajstić information content (AvgIpc) is 3.46. The van der Waals surface area contributed by atoms with Gasteiger partial charge < -0.3 is 20.9 Å². The molecule has 0 aromatic carbocycles. The van der Waals surface area contributed by atoms with Crippen LogP contribution >= 0.6 is 0 Å². The first-order chi connectivity index (χ1) is 17.6. The molecule has 0 spiro atoms. The average molecular weight is 515 g/mol. The van der Waals surface area contributed by atoms with E-state index in [1.54, 1.807) is 35.5 Å². The number of fused-ring (bicyclic) bond motifs is 1. The molecule has 1 atom stereocenters. The minimum atomic E-state index is -4.26. The third-order valence-electron chi connectivity index (χ3n) is 5.90. The van der Waals surface area contributed by atoms with Crippen molar-refractivity contribution in [3.8, 4) is 11.1 Å². The summed E-state index contributed by atoms with van der Waals surface area (Å²) in [7, 11) is 1.81. The molecule has 1 amide bonds. The maximum atomic E-state index is 12.7. The predicted molar refractivity (Wildman–Crippen MR) is 135 cm³/mol. The number of aromatic nitrogens is 5. The van der Waals surface area contributed by atoms with Crippen LogP contribution in [-0.2, 0) is 13.6 Å². The smallest absolute Gasteiger partial charge is 0.380 e. The van der Waals surface area contributed by atoms with Gasteiger partial charge in [-0.2, -0.15) is 18.3 Å². The number of H-pyrrole nitrogens is 1. The fourth-order valence-corrected chi connectivity index (χ4v) is 3.92. The van der Waals surface area contributed by atoms with Crippen molar-refractivity contribution in [2.45, 2.75) is 32.6 Å². The second-order valence-corrected chi connectivity index (χ2v) is 9.23. The number of rotatable bonds is 10. The van der Waals surface area contributed by atoms with Gasteiger partial charge in [-0.1, -0.05) is 13.8 Å². The van der Waals surface area contributed by atoms with Gasteiger partial charge in [-0.05, 0) is 18.1 Å². The number of pyridine rings is 2. The van der Waals surface area contributed by atoms with Gasteiger partial charge in [-0.3, -0.25) is 14.5 Å². The minimum absolute atomic E-state index is 0.0782. The van der Waals surface area contributed by atoms with Crippen LogP contribution < -0.4 is 16.0 Å². The fraction of sp³-hybridized carbons (Fsp3) is 0.360. The van der Waals surface area contributed by atoms with Crippen LogP contribution in [0.4, 0.5) is 18.9 Å². The van der Waals surface area contributed by atoms with Crippen LogP contribution in [0.5, 0.6) is 0 Å². The van der Waals surface area contributed by atoms with E-state index in [-0.39, 0.29) is 24.4 Å². The van der Waals surface area contributed by atoms with Crippen LogP contribution in [-0.4, -0.2) is 55.9 Å². The number of nitrogens with zero attached hydrogens (tertiary/aromatic N) is 4. The van der Waals surface area contributed by atoms with Crippen LogP contribution in [0, 0.1) is 5.92 Å². The number of aryl methyl sites for hydroxylation is 1. The molecule has 4 N–H and O–H groups in total. The molecule has 12 heteroatoms. The van der Waals surface area contributed by atoms with E-state index in [1.807, 2.05) is 33.2 Å². The highest BCUT2D eigenvalue weighted by molar-refractivity contribution is 6.01. The van der Waals surface area contributed by atoms with Crippen molar-refractivity contribution in [2.75, 3.05) is 18.4 Å². The second kappa shape index (κ2) is 11.0. The van der Waals surface area contributed by atoms with Crippen molar-refractivity contribution < 1.29 is 18.0 Å². The molecule has 4 aromatic rings. The Hall–Kier alpha value is -3.93. The highest BCUT2D eigenvalue weighted by atomic mass is 19.4. The lowest BCUT2D eigenvalue weighted by atomic mass is 10.0. The number of amides is 1. The molecular weight excluding hydrogens is 485 g/mol. The van der Waals surface area contributed by atoms with Gasteiger partial charge in [-0.25, -0.2) is 4.98 Å². The number of halogens is 3.